The van der Waals surface area contributed by atoms with Crippen molar-refractivity contribution >= 4 is 11.6 Å². The minimum Gasteiger partial charge on any atom is -0.484 e. The van der Waals surface area contributed by atoms with E-state index in [2.05, 4.69) is 51.2 Å². The molecule has 0 bridgehead atoms. The molecule has 0 aliphatic carbocycles. The maximum Gasteiger partial charge on any atom is 0.262 e. The second-order valence-electron chi connectivity index (χ2n) is 6.77. The SMILES string of the molecule is Cc1ccc(OCC(=O)Nc2c(C(C)C)cccc2C(C)C)cc1. The molecule has 2 aromatic carbocycles. The van der Waals surface area contributed by atoms with E-state index < -0.39 is 0 Å². The third-order valence-electron chi connectivity index (χ3n) is 4.03. The Bertz CT molecular complexity index is 661. The number of carbonyl (C=O) groups is 1. The largest absolute Gasteiger partial charge is 0.484 e. The third-order valence-corrected chi connectivity index (χ3v) is 4.03. The molecule has 3 nitrogen and oxygen atoms in total. The monoisotopic (exact) mass is 325 g/mol. The molecule has 3 heteroatoms. The van der Waals surface area contributed by atoms with Gasteiger partial charge in [0.05, 0.1) is 0 Å². The van der Waals surface area contributed by atoms with Crippen molar-refractivity contribution in [1.29, 1.82) is 0 Å². The van der Waals surface area contributed by atoms with E-state index in [1.165, 1.54) is 5.56 Å². The van der Waals surface area contributed by atoms with Gasteiger partial charge >= 0.3 is 0 Å². The van der Waals surface area contributed by atoms with Gasteiger partial charge in [-0.2, -0.15) is 0 Å². The minimum absolute atomic E-state index is 0.00697. The predicted molar refractivity (Wildman–Crippen MR) is 99.9 cm³/mol. The Hall–Kier alpha value is -2.29. The molecule has 2 aromatic rings. The van der Waals surface area contributed by atoms with Crippen molar-refractivity contribution in [3.05, 3.63) is 59.2 Å². The van der Waals surface area contributed by atoms with Crippen molar-refractivity contribution in [2.45, 2.75) is 46.5 Å². The van der Waals surface area contributed by atoms with Gasteiger partial charge in [-0.1, -0.05) is 63.6 Å². The van der Waals surface area contributed by atoms with Gasteiger partial charge in [-0.05, 0) is 42.0 Å². The molecule has 0 saturated heterocycles. The lowest BCUT2D eigenvalue weighted by molar-refractivity contribution is -0.118. The van der Waals surface area contributed by atoms with Crippen LogP contribution in [-0.2, 0) is 4.79 Å². The Kier molecular flexibility index (Phi) is 6.02. The number of anilines is 1. The highest BCUT2D eigenvalue weighted by molar-refractivity contribution is 5.93. The van der Waals surface area contributed by atoms with Gasteiger partial charge in [-0.25, -0.2) is 0 Å². The van der Waals surface area contributed by atoms with Gasteiger partial charge in [0, 0.05) is 5.69 Å². The quantitative estimate of drug-likeness (QED) is 0.787. The Morgan fingerprint density at radius 3 is 2.00 bits per heavy atom. The van der Waals surface area contributed by atoms with Crippen LogP contribution < -0.4 is 10.1 Å². The summed E-state index contributed by atoms with van der Waals surface area (Å²) < 4.78 is 5.58. The molecule has 0 saturated carbocycles. The molecule has 24 heavy (non-hydrogen) atoms. The molecule has 1 amide bonds. The molecule has 0 radical (unpaired) electrons. The first-order chi connectivity index (χ1) is 11.4. The van der Waals surface area contributed by atoms with E-state index in [9.17, 15) is 4.79 Å². The molecule has 0 fully saturated rings. The van der Waals surface area contributed by atoms with Crippen LogP contribution in [0.5, 0.6) is 5.75 Å². The lowest BCUT2D eigenvalue weighted by atomic mass is 9.92. The minimum atomic E-state index is -0.134. The Balaban J connectivity index is 2.11. The van der Waals surface area contributed by atoms with E-state index in [4.69, 9.17) is 4.74 Å². The molecule has 0 unspecified atom stereocenters. The van der Waals surface area contributed by atoms with Crippen LogP contribution in [0, 0.1) is 6.92 Å². The lowest BCUT2D eigenvalue weighted by Gasteiger charge is -2.20. The first-order valence-electron chi connectivity index (χ1n) is 8.50. The van der Waals surface area contributed by atoms with E-state index in [0.717, 1.165) is 16.8 Å². The van der Waals surface area contributed by atoms with Crippen molar-refractivity contribution in [1.82, 2.24) is 0 Å². The second kappa shape index (κ2) is 8.00. The average Bonchev–Trinajstić information content (AvgIpc) is 2.54. The fourth-order valence-electron chi connectivity index (χ4n) is 2.65. The van der Waals surface area contributed by atoms with Crippen molar-refractivity contribution in [2.75, 3.05) is 11.9 Å². The zero-order valence-electron chi connectivity index (χ0n) is 15.2. The molecular formula is C21H27NO2. The normalized spacial score (nSPS) is 11.0. The van der Waals surface area contributed by atoms with E-state index in [-0.39, 0.29) is 12.5 Å². The van der Waals surface area contributed by atoms with Crippen LogP contribution in [0.2, 0.25) is 0 Å². The van der Waals surface area contributed by atoms with Gasteiger partial charge in [-0.3, -0.25) is 4.79 Å². The number of benzene rings is 2. The molecule has 0 aliphatic heterocycles. The zero-order valence-corrected chi connectivity index (χ0v) is 15.2. The van der Waals surface area contributed by atoms with E-state index >= 15 is 0 Å². The van der Waals surface area contributed by atoms with Crippen molar-refractivity contribution in [3.8, 4) is 5.75 Å². The van der Waals surface area contributed by atoms with Gasteiger partial charge in [0.2, 0.25) is 0 Å². The molecule has 0 aromatic heterocycles. The van der Waals surface area contributed by atoms with E-state index in [0.29, 0.717) is 17.6 Å². The van der Waals surface area contributed by atoms with E-state index in [1.807, 2.05) is 31.2 Å². The van der Waals surface area contributed by atoms with Crippen LogP contribution in [0.3, 0.4) is 0 Å². The molecular weight excluding hydrogens is 298 g/mol. The van der Waals surface area contributed by atoms with Gasteiger partial charge in [0.25, 0.3) is 5.91 Å². The Morgan fingerprint density at radius 2 is 1.50 bits per heavy atom. The number of para-hydroxylation sites is 1. The van der Waals surface area contributed by atoms with Gasteiger partial charge in [0.1, 0.15) is 5.75 Å². The predicted octanol–water partition coefficient (Wildman–Crippen LogP) is 5.26. The van der Waals surface area contributed by atoms with Crippen LogP contribution in [0.15, 0.2) is 42.5 Å². The lowest BCUT2D eigenvalue weighted by Crippen LogP contribution is -2.22. The number of hydrogen-bond donors (Lipinski definition) is 1. The summed E-state index contributed by atoms with van der Waals surface area (Å²) in [6.45, 7) is 10.6. The molecule has 0 spiro atoms. The average molecular weight is 325 g/mol. The molecule has 0 atom stereocenters. The highest BCUT2D eigenvalue weighted by atomic mass is 16.5. The summed E-state index contributed by atoms with van der Waals surface area (Å²) in [5.41, 5.74) is 4.41. The summed E-state index contributed by atoms with van der Waals surface area (Å²) in [4.78, 5) is 12.4. The van der Waals surface area contributed by atoms with Crippen molar-refractivity contribution in [3.63, 3.8) is 0 Å². The van der Waals surface area contributed by atoms with Crippen LogP contribution in [0.4, 0.5) is 5.69 Å². The summed E-state index contributed by atoms with van der Waals surface area (Å²) in [7, 11) is 0. The zero-order chi connectivity index (χ0) is 17.7. The molecule has 128 valence electrons. The highest BCUT2D eigenvalue weighted by Crippen LogP contribution is 2.32. The summed E-state index contributed by atoms with van der Waals surface area (Å²) in [5, 5.41) is 3.06. The second-order valence-corrected chi connectivity index (χ2v) is 6.77. The first kappa shape index (κ1) is 18.1. The van der Waals surface area contributed by atoms with Crippen LogP contribution in [0.25, 0.3) is 0 Å². The summed E-state index contributed by atoms with van der Waals surface area (Å²) in [5.74, 6) is 1.26. The summed E-state index contributed by atoms with van der Waals surface area (Å²) in [6.07, 6.45) is 0. The fraction of sp³-hybridized carbons (Fsp3) is 0.381. The van der Waals surface area contributed by atoms with E-state index in [1.54, 1.807) is 0 Å². The van der Waals surface area contributed by atoms with Gasteiger partial charge in [-0.15, -0.1) is 0 Å². The smallest absolute Gasteiger partial charge is 0.262 e. The van der Waals surface area contributed by atoms with Crippen molar-refractivity contribution in [2.24, 2.45) is 0 Å². The fourth-order valence-corrected chi connectivity index (χ4v) is 2.65. The Labute approximate surface area is 145 Å². The molecule has 0 heterocycles. The Morgan fingerprint density at radius 1 is 0.958 bits per heavy atom. The number of hydrogen-bond acceptors (Lipinski definition) is 2. The van der Waals surface area contributed by atoms with Crippen LogP contribution in [-0.4, -0.2) is 12.5 Å². The van der Waals surface area contributed by atoms with Crippen LogP contribution in [0.1, 0.15) is 56.2 Å². The number of ether oxygens (including phenoxy) is 1. The van der Waals surface area contributed by atoms with Crippen molar-refractivity contribution < 1.29 is 9.53 Å². The van der Waals surface area contributed by atoms with Gasteiger partial charge < -0.3 is 10.1 Å². The number of aryl methyl sites for hydroxylation is 1. The standard InChI is InChI=1S/C21H27NO2/c1-14(2)18-7-6-8-19(15(3)4)21(18)22-20(23)13-24-17-11-9-16(5)10-12-17/h6-12,14-15H,13H2,1-5H3,(H,22,23). The number of amides is 1. The van der Waals surface area contributed by atoms with Crippen LogP contribution >= 0.6 is 0 Å². The maximum absolute atomic E-state index is 12.4. The van der Waals surface area contributed by atoms with Gasteiger partial charge in [0.15, 0.2) is 6.61 Å². The molecule has 2 rings (SSSR count). The topological polar surface area (TPSA) is 38.3 Å². The third kappa shape index (κ3) is 4.60. The first-order valence-corrected chi connectivity index (χ1v) is 8.50. The molecule has 1 N–H and O–H groups in total. The number of rotatable bonds is 6. The number of carbonyl (C=O) groups excluding carboxylic acids is 1. The summed E-state index contributed by atoms with van der Waals surface area (Å²) >= 11 is 0. The summed E-state index contributed by atoms with van der Waals surface area (Å²) in [6, 6.07) is 13.9. The maximum atomic E-state index is 12.4. The molecule has 0 aliphatic rings. The highest BCUT2D eigenvalue weighted by Gasteiger charge is 2.16. The number of nitrogens with one attached hydrogen (secondary N) is 1.